The topological polar surface area (TPSA) is 55.8 Å². The molecule has 0 unspecified atom stereocenters. The van der Waals surface area contributed by atoms with E-state index in [4.69, 9.17) is 9.47 Å². The van der Waals surface area contributed by atoms with Gasteiger partial charge in [-0.25, -0.2) is 0 Å². The number of hydrogen-bond donors (Lipinski definition) is 0. The van der Waals surface area contributed by atoms with Crippen LogP contribution in [0.25, 0.3) is 11.1 Å². The quantitative estimate of drug-likeness (QED) is 0.191. The predicted molar refractivity (Wildman–Crippen MR) is 142 cm³/mol. The first-order valence-electron chi connectivity index (χ1n) is 12.3. The first-order valence-corrected chi connectivity index (χ1v) is 13.2. The summed E-state index contributed by atoms with van der Waals surface area (Å²) in [6.07, 6.45) is 3.06. The molecule has 3 aromatic rings. The smallest absolute Gasteiger partial charge is 0.305 e. The Balaban J connectivity index is 1.54. The highest BCUT2D eigenvalue weighted by atomic mass is 32.1. The van der Waals surface area contributed by atoms with Gasteiger partial charge in [-0.3, -0.25) is 9.59 Å². The lowest BCUT2D eigenvalue weighted by molar-refractivity contribution is -0.143. The van der Waals surface area contributed by atoms with Gasteiger partial charge in [0.1, 0.15) is 5.75 Å². The summed E-state index contributed by atoms with van der Waals surface area (Å²) in [7, 11) is 0. The number of nitrogens with zero attached hydrogens (tertiary/aromatic N) is 1. The Hall–Kier alpha value is -3.12. The van der Waals surface area contributed by atoms with E-state index in [-0.39, 0.29) is 17.9 Å². The van der Waals surface area contributed by atoms with Gasteiger partial charge in [0, 0.05) is 24.6 Å². The van der Waals surface area contributed by atoms with Crippen LogP contribution in [-0.4, -0.2) is 36.0 Å². The van der Waals surface area contributed by atoms with Gasteiger partial charge in [-0.15, -0.1) is 0 Å². The third kappa shape index (κ3) is 8.25. The van der Waals surface area contributed by atoms with E-state index >= 15 is 0 Å². The lowest BCUT2D eigenvalue weighted by Gasteiger charge is -2.27. The Labute approximate surface area is 212 Å². The Kier molecular flexibility index (Phi) is 10.4. The van der Waals surface area contributed by atoms with Crippen LogP contribution in [-0.2, 0) is 16.1 Å². The Morgan fingerprint density at radius 2 is 1.77 bits per heavy atom. The van der Waals surface area contributed by atoms with Gasteiger partial charge in [0.25, 0.3) is 5.91 Å². The highest BCUT2D eigenvalue weighted by Gasteiger charge is 2.19. The molecule has 0 fully saturated rings. The highest BCUT2D eigenvalue weighted by Crippen LogP contribution is 2.24. The van der Waals surface area contributed by atoms with Gasteiger partial charge in [0.2, 0.25) is 0 Å². The SMILES string of the molecule is CCOC(=O)CCCCCOc1cccc(CN(C(=O)c2ccc(-c3ccsc3)cc2)C(C)C)c1. The molecular weight excluding hydrogens is 458 g/mol. The molecule has 1 heterocycles. The lowest BCUT2D eigenvalue weighted by Crippen LogP contribution is -2.36. The summed E-state index contributed by atoms with van der Waals surface area (Å²) in [4.78, 5) is 26.6. The second-order valence-electron chi connectivity index (χ2n) is 8.73. The second kappa shape index (κ2) is 13.7. The van der Waals surface area contributed by atoms with Gasteiger partial charge in [0.15, 0.2) is 0 Å². The van der Waals surface area contributed by atoms with Crippen LogP contribution in [0.4, 0.5) is 0 Å². The van der Waals surface area contributed by atoms with E-state index in [1.54, 1.807) is 11.3 Å². The molecule has 186 valence electrons. The molecule has 1 amide bonds. The molecule has 0 bridgehead atoms. The minimum Gasteiger partial charge on any atom is -0.494 e. The lowest BCUT2D eigenvalue weighted by atomic mass is 10.1. The minimum absolute atomic E-state index is 0.0183. The molecule has 35 heavy (non-hydrogen) atoms. The van der Waals surface area contributed by atoms with Crippen molar-refractivity contribution in [2.45, 2.75) is 59.0 Å². The summed E-state index contributed by atoms with van der Waals surface area (Å²) in [6.45, 7) is 7.43. The van der Waals surface area contributed by atoms with Crippen molar-refractivity contribution in [1.82, 2.24) is 4.90 Å². The van der Waals surface area contributed by atoms with Crippen LogP contribution >= 0.6 is 11.3 Å². The van der Waals surface area contributed by atoms with Crippen molar-refractivity contribution in [3.8, 4) is 16.9 Å². The number of carbonyl (C=O) groups excluding carboxylic acids is 2. The molecule has 1 aromatic heterocycles. The summed E-state index contributed by atoms with van der Waals surface area (Å²) < 4.78 is 10.9. The Morgan fingerprint density at radius 1 is 0.971 bits per heavy atom. The number of thiophene rings is 1. The number of benzene rings is 2. The van der Waals surface area contributed by atoms with Gasteiger partial charge in [-0.05, 0) is 97.8 Å². The number of ether oxygens (including phenoxy) is 2. The zero-order chi connectivity index (χ0) is 25.0. The van der Waals surface area contributed by atoms with E-state index in [1.807, 2.05) is 74.2 Å². The summed E-state index contributed by atoms with van der Waals surface area (Å²) in [5.41, 5.74) is 4.00. The fourth-order valence-electron chi connectivity index (χ4n) is 3.79. The van der Waals surface area contributed by atoms with Crippen LogP contribution in [0.15, 0.2) is 65.4 Å². The van der Waals surface area contributed by atoms with Crippen molar-refractivity contribution < 1.29 is 19.1 Å². The number of amides is 1. The second-order valence-corrected chi connectivity index (χ2v) is 9.51. The fraction of sp³-hybridized carbons (Fsp3) is 0.379. The zero-order valence-electron chi connectivity index (χ0n) is 20.9. The van der Waals surface area contributed by atoms with Crippen molar-refractivity contribution in [3.63, 3.8) is 0 Å². The molecule has 2 aromatic carbocycles. The molecule has 0 saturated heterocycles. The van der Waals surface area contributed by atoms with Crippen molar-refractivity contribution in [2.75, 3.05) is 13.2 Å². The van der Waals surface area contributed by atoms with E-state index in [0.29, 0.717) is 31.7 Å². The molecule has 0 N–H and O–H groups in total. The third-order valence-electron chi connectivity index (χ3n) is 5.72. The van der Waals surface area contributed by atoms with Crippen LogP contribution in [0, 0.1) is 0 Å². The van der Waals surface area contributed by atoms with Crippen molar-refractivity contribution >= 4 is 23.2 Å². The molecule has 5 nitrogen and oxygen atoms in total. The molecule has 0 spiro atoms. The summed E-state index contributed by atoms with van der Waals surface area (Å²) >= 11 is 1.66. The molecule has 0 atom stereocenters. The fourth-order valence-corrected chi connectivity index (χ4v) is 4.46. The van der Waals surface area contributed by atoms with Crippen LogP contribution in [0.3, 0.4) is 0 Å². The molecule has 0 saturated carbocycles. The zero-order valence-corrected chi connectivity index (χ0v) is 21.7. The van der Waals surface area contributed by atoms with E-state index < -0.39 is 0 Å². The van der Waals surface area contributed by atoms with E-state index in [0.717, 1.165) is 36.1 Å². The molecule has 0 radical (unpaired) electrons. The van der Waals surface area contributed by atoms with Crippen molar-refractivity contribution in [3.05, 3.63) is 76.5 Å². The van der Waals surface area contributed by atoms with Gasteiger partial charge < -0.3 is 14.4 Å². The van der Waals surface area contributed by atoms with Gasteiger partial charge in [-0.1, -0.05) is 24.3 Å². The van der Waals surface area contributed by atoms with Crippen LogP contribution in [0.2, 0.25) is 0 Å². The van der Waals surface area contributed by atoms with Crippen molar-refractivity contribution in [2.24, 2.45) is 0 Å². The minimum atomic E-state index is -0.135. The Morgan fingerprint density at radius 3 is 2.46 bits per heavy atom. The number of rotatable bonds is 13. The predicted octanol–water partition coefficient (Wildman–Crippen LogP) is 6.97. The average Bonchev–Trinajstić information content (AvgIpc) is 3.40. The number of esters is 1. The molecule has 3 rings (SSSR count). The molecule has 6 heteroatoms. The van der Waals surface area contributed by atoms with Gasteiger partial charge in [0.05, 0.1) is 13.2 Å². The van der Waals surface area contributed by atoms with E-state index in [2.05, 4.69) is 16.8 Å². The number of hydrogen-bond acceptors (Lipinski definition) is 5. The maximum atomic E-state index is 13.3. The number of unbranched alkanes of at least 4 members (excludes halogenated alkanes) is 2. The normalized spacial score (nSPS) is 10.9. The number of carbonyl (C=O) groups is 2. The monoisotopic (exact) mass is 493 g/mol. The van der Waals surface area contributed by atoms with Crippen LogP contribution in [0.5, 0.6) is 5.75 Å². The molecule has 0 aliphatic carbocycles. The van der Waals surface area contributed by atoms with Crippen molar-refractivity contribution in [1.29, 1.82) is 0 Å². The largest absolute Gasteiger partial charge is 0.494 e. The van der Waals surface area contributed by atoms with Gasteiger partial charge in [-0.2, -0.15) is 11.3 Å². The summed E-state index contributed by atoms with van der Waals surface area (Å²) in [6, 6.07) is 17.9. The first kappa shape index (κ1) is 26.5. The Bertz CT molecular complexity index is 1060. The van der Waals surface area contributed by atoms with E-state index in [9.17, 15) is 9.59 Å². The van der Waals surface area contributed by atoms with Crippen LogP contribution < -0.4 is 4.74 Å². The summed E-state index contributed by atoms with van der Waals surface area (Å²) in [5.74, 6) is 0.678. The maximum Gasteiger partial charge on any atom is 0.305 e. The molecular formula is C29H35NO4S. The first-order chi connectivity index (χ1) is 17.0. The van der Waals surface area contributed by atoms with Gasteiger partial charge >= 0.3 is 5.97 Å². The third-order valence-corrected chi connectivity index (χ3v) is 6.40. The molecule has 0 aliphatic heterocycles. The standard InChI is InChI=1S/C29H35NO4S/c1-4-33-28(31)11-6-5-7-17-34-27-10-8-9-23(19-27)20-30(22(2)3)29(32)25-14-12-24(13-15-25)26-16-18-35-21-26/h8-10,12-16,18-19,21-22H,4-7,11,17,20H2,1-3H3. The average molecular weight is 494 g/mol. The van der Waals surface area contributed by atoms with Crippen LogP contribution in [0.1, 0.15) is 62.4 Å². The molecule has 0 aliphatic rings. The van der Waals surface area contributed by atoms with E-state index in [1.165, 1.54) is 5.56 Å². The summed E-state index contributed by atoms with van der Waals surface area (Å²) in [5, 5.41) is 4.16. The maximum absolute atomic E-state index is 13.3. The highest BCUT2D eigenvalue weighted by molar-refractivity contribution is 7.08.